The number of amides is 1. The first-order valence-electron chi connectivity index (χ1n) is 6.58. The van der Waals surface area contributed by atoms with E-state index < -0.39 is 0 Å². The van der Waals surface area contributed by atoms with Gasteiger partial charge in [0.05, 0.1) is 4.88 Å². The van der Waals surface area contributed by atoms with Crippen LogP contribution in [0.25, 0.3) is 10.1 Å². The van der Waals surface area contributed by atoms with Crippen molar-refractivity contribution in [2.45, 2.75) is 32.2 Å². The minimum atomic E-state index is -0.0215. The quantitative estimate of drug-likeness (QED) is 0.809. The zero-order valence-electron chi connectivity index (χ0n) is 11.3. The van der Waals surface area contributed by atoms with Crippen LogP contribution in [-0.2, 0) is 0 Å². The summed E-state index contributed by atoms with van der Waals surface area (Å²) in [6.45, 7) is 5.15. The van der Waals surface area contributed by atoms with Crippen LogP contribution in [0, 0.1) is 0 Å². The van der Waals surface area contributed by atoms with Gasteiger partial charge in [0, 0.05) is 22.5 Å². The maximum absolute atomic E-state index is 12.6. The van der Waals surface area contributed by atoms with Crippen molar-refractivity contribution in [3.05, 3.63) is 29.1 Å². The normalized spacial score (nSPS) is 18.1. The Labute approximate surface area is 117 Å². The van der Waals surface area contributed by atoms with E-state index in [0.29, 0.717) is 0 Å². The van der Waals surface area contributed by atoms with E-state index in [0.717, 1.165) is 40.0 Å². The van der Waals surface area contributed by atoms with Gasteiger partial charge < -0.3 is 10.6 Å². The molecule has 1 saturated heterocycles. The van der Waals surface area contributed by atoms with Crippen molar-refractivity contribution in [2.75, 3.05) is 12.3 Å². The van der Waals surface area contributed by atoms with Crippen LogP contribution in [-0.4, -0.2) is 22.9 Å². The minimum absolute atomic E-state index is 0.0215. The summed E-state index contributed by atoms with van der Waals surface area (Å²) in [4.78, 5) is 15.4. The highest BCUT2D eigenvalue weighted by atomic mass is 32.1. The molecule has 3 nitrogen and oxygen atoms in total. The number of benzene rings is 1. The standard InChI is InChI=1S/C15H18N2OS/c1-15(2)6-3-7-17(15)14(18)13-9-10-8-11(16)4-5-12(10)19-13/h4-5,8-9H,3,6-7,16H2,1-2H3. The first kappa shape index (κ1) is 12.5. The lowest BCUT2D eigenvalue weighted by atomic mass is 10.0. The smallest absolute Gasteiger partial charge is 0.264 e. The molecule has 19 heavy (non-hydrogen) atoms. The number of nitrogen functional groups attached to an aromatic ring is 1. The summed E-state index contributed by atoms with van der Waals surface area (Å²) in [7, 11) is 0. The van der Waals surface area contributed by atoms with Crippen molar-refractivity contribution in [2.24, 2.45) is 0 Å². The van der Waals surface area contributed by atoms with Crippen LogP contribution in [0.15, 0.2) is 24.3 Å². The Bertz CT molecular complexity index is 645. The van der Waals surface area contributed by atoms with E-state index in [-0.39, 0.29) is 11.4 Å². The van der Waals surface area contributed by atoms with Gasteiger partial charge in [-0.25, -0.2) is 0 Å². The lowest BCUT2D eigenvalue weighted by molar-refractivity contribution is 0.0657. The fraction of sp³-hybridized carbons (Fsp3) is 0.400. The summed E-state index contributed by atoms with van der Waals surface area (Å²) < 4.78 is 1.12. The third-order valence-electron chi connectivity index (χ3n) is 3.90. The number of carbonyl (C=O) groups excluding carboxylic acids is 1. The van der Waals surface area contributed by atoms with Crippen LogP contribution in [0.5, 0.6) is 0 Å². The van der Waals surface area contributed by atoms with Gasteiger partial charge in [0.25, 0.3) is 5.91 Å². The zero-order valence-corrected chi connectivity index (χ0v) is 12.1. The molecular weight excluding hydrogens is 256 g/mol. The molecule has 1 aromatic heterocycles. The number of nitrogens with two attached hydrogens (primary N) is 1. The van der Waals surface area contributed by atoms with Crippen LogP contribution in [0.1, 0.15) is 36.4 Å². The van der Waals surface area contributed by atoms with E-state index in [1.165, 1.54) is 0 Å². The molecule has 2 aromatic rings. The van der Waals surface area contributed by atoms with Gasteiger partial charge in [-0.2, -0.15) is 0 Å². The molecule has 1 amide bonds. The van der Waals surface area contributed by atoms with E-state index in [9.17, 15) is 4.79 Å². The van der Waals surface area contributed by atoms with Crippen molar-refractivity contribution in [3.8, 4) is 0 Å². The molecule has 0 aliphatic carbocycles. The Balaban J connectivity index is 1.98. The molecular formula is C15H18N2OS. The predicted octanol–water partition coefficient (Wildman–Crippen LogP) is 3.50. The van der Waals surface area contributed by atoms with Gasteiger partial charge in [-0.1, -0.05) is 0 Å². The molecule has 0 radical (unpaired) electrons. The molecule has 0 bridgehead atoms. The van der Waals surface area contributed by atoms with E-state index in [1.807, 2.05) is 29.2 Å². The summed E-state index contributed by atoms with van der Waals surface area (Å²) in [5.41, 5.74) is 6.50. The van der Waals surface area contributed by atoms with Crippen molar-refractivity contribution in [1.29, 1.82) is 0 Å². The average Bonchev–Trinajstić information content (AvgIpc) is 2.90. The molecule has 3 rings (SSSR count). The summed E-state index contributed by atoms with van der Waals surface area (Å²) in [5.74, 6) is 0.155. The first-order valence-corrected chi connectivity index (χ1v) is 7.40. The van der Waals surface area contributed by atoms with Gasteiger partial charge in [0.15, 0.2) is 0 Å². The Morgan fingerprint density at radius 1 is 1.37 bits per heavy atom. The number of thiophene rings is 1. The van der Waals surface area contributed by atoms with Gasteiger partial charge in [-0.15, -0.1) is 11.3 Å². The molecule has 1 aliphatic rings. The molecule has 1 aromatic carbocycles. The van der Waals surface area contributed by atoms with Crippen LogP contribution < -0.4 is 5.73 Å². The summed E-state index contributed by atoms with van der Waals surface area (Å²) in [6, 6.07) is 7.76. The fourth-order valence-corrected chi connectivity index (χ4v) is 3.78. The Morgan fingerprint density at radius 3 is 2.84 bits per heavy atom. The van der Waals surface area contributed by atoms with Crippen molar-refractivity contribution < 1.29 is 4.79 Å². The Morgan fingerprint density at radius 2 is 2.16 bits per heavy atom. The fourth-order valence-electron chi connectivity index (χ4n) is 2.78. The van der Waals surface area contributed by atoms with Crippen molar-refractivity contribution in [1.82, 2.24) is 4.90 Å². The summed E-state index contributed by atoms with van der Waals surface area (Å²) in [6.07, 6.45) is 2.17. The maximum atomic E-state index is 12.6. The molecule has 100 valence electrons. The van der Waals surface area contributed by atoms with Crippen LogP contribution in [0.3, 0.4) is 0 Å². The lowest BCUT2D eigenvalue weighted by Crippen LogP contribution is -2.42. The third-order valence-corrected chi connectivity index (χ3v) is 5.00. The molecule has 2 N–H and O–H groups in total. The van der Waals surface area contributed by atoms with E-state index in [2.05, 4.69) is 13.8 Å². The van der Waals surface area contributed by atoms with Crippen LogP contribution in [0.2, 0.25) is 0 Å². The van der Waals surface area contributed by atoms with Crippen molar-refractivity contribution in [3.63, 3.8) is 0 Å². The monoisotopic (exact) mass is 274 g/mol. The third kappa shape index (κ3) is 2.10. The maximum Gasteiger partial charge on any atom is 0.264 e. The van der Waals surface area contributed by atoms with Crippen LogP contribution >= 0.6 is 11.3 Å². The number of likely N-dealkylation sites (tertiary alicyclic amines) is 1. The van der Waals surface area contributed by atoms with Gasteiger partial charge >= 0.3 is 0 Å². The van der Waals surface area contributed by atoms with E-state index in [4.69, 9.17) is 5.73 Å². The number of anilines is 1. The first-order chi connectivity index (χ1) is 8.97. The molecule has 1 aliphatic heterocycles. The minimum Gasteiger partial charge on any atom is -0.399 e. The zero-order chi connectivity index (χ0) is 13.6. The molecule has 2 heterocycles. The Hall–Kier alpha value is -1.55. The van der Waals surface area contributed by atoms with Gasteiger partial charge in [-0.05, 0) is 56.3 Å². The molecule has 0 saturated carbocycles. The highest BCUT2D eigenvalue weighted by Gasteiger charge is 2.36. The Kier molecular flexibility index (Phi) is 2.78. The summed E-state index contributed by atoms with van der Waals surface area (Å²) >= 11 is 1.55. The SMILES string of the molecule is CC1(C)CCCN1C(=O)c1cc2cc(N)ccc2s1. The van der Waals surface area contributed by atoms with Gasteiger partial charge in [0.1, 0.15) is 0 Å². The second-order valence-electron chi connectivity index (χ2n) is 5.78. The molecule has 0 spiro atoms. The summed E-state index contributed by atoms with van der Waals surface area (Å²) in [5, 5.41) is 1.06. The van der Waals surface area contributed by atoms with E-state index in [1.54, 1.807) is 11.3 Å². The average molecular weight is 274 g/mol. The van der Waals surface area contributed by atoms with Gasteiger partial charge in [0.2, 0.25) is 0 Å². The van der Waals surface area contributed by atoms with Crippen molar-refractivity contribution >= 4 is 33.0 Å². The van der Waals surface area contributed by atoms with Crippen LogP contribution in [0.4, 0.5) is 5.69 Å². The topological polar surface area (TPSA) is 46.3 Å². The molecule has 4 heteroatoms. The molecule has 0 unspecified atom stereocenters. The number of hydrogen-bond acceptors (Lipinski definition) is 3. The predicted molar refractivity (Wildman–Crippen MR) is 80.6 cm³/mol. The largest absolute Gasteiger partial charge is 0.399 e. The van der Waals surface area contributed by atoms with E-state index >= 15 is 0 Å². The number of fused-ring (bicyclic) bond motifs is 1. The number of carbonyl (C=O) groups is 1. The highest BCUT2D eigenvalue weighted by molar-refractivity contribution is 7.20. The lowest BCUT2D eigenvalue weighted by Gasteiger charge is -2.31. The highest BCUT2D eigenvalue weighted by Crippen LogP contribution is 2.33. The number of rotatable bonds is 1. The second kappa shape index (κ2) is 4.23. The van der Waals surface area contributed by atoms with Gasteiger partial charge in [-0.3, -0.25) is 4.79 Å². The second-order valence-corrected chi connectivity index (χ2v) is 6.86. The number of hydrogen-bond donors (Lipinski definition) is 1. The molecule has 0 atom stereocenters. The number of nitrogens with zero attached hydrogens (tertiary/aromatic N) is 1. The molecule has 1 fully saturated rings.